The van der Waals surface area contributed by atoms with Crippen molar-refractivity contribution in [1.82, 2.24) is 20.4 Å². The highest BCUT2D eigenvalue weighted by Crippen LogP contribution is 2.17. The first-order chi connectivity index (χ1) is 13.6. The van der Waals surface area contributed by atoms with Crippen molar-refractivity contribution in [3.05, 3.63) is 48.3 Å². The summed E-state index contributed by atoms with van der Waals surface area (Å²) in [5.41, 5.74) is 1.08. The summed E-state index contributed by atoms with van der Waals surface area (Å²) in [5.74, 6) is -0.519. The first kappa shape index (κ1) is 19.6. The van der Waals surface area contributed by atoms with Gasteiger partial charge in [-0.1, -0.05) is 31.0 Å². The molecule has 3 rings (SSSR count). The predicted molar refractivity (Wildman–Crippen MR) is 105 cm³/mol. The maximum Gasteiger partial charge on any atom is 0.251 e. The molecule has 0 aliphatic heterocycles. The molecule has 0 radical (unpaired) electrons. The third-order valence-corrected chi connectivity index (χ3v) is 4.62. The van der Waals surface area contributed by atoms with Crippen LogP contribution in [0.3, 0.4) is 0 Å². The van der Waals surface area contributed by atoms with E-state index in [2.05, 4.69) is 21.0 Å². The summed E-state index contributed by atoms with van der Waals surface area (Å²) in [6.07, 6.45) is 7.66. The molecule has 2 aromatic rings. The maximum atomic E-state index is 12.0. The summed E-state index contributed by atoms with van der Waals surface area (Å²) in [6, 6.07) is 9.11. The van der Waals surface area contributed by atoms with Gasteiger partial charge in [0.2, 0.25) is 11.8 Å². The number of carbonyl (C=O) groups excluding carboxylic acids is 3. The molecule has 0 unspecified atom stereocenters. The number of anilines is 1. The molecule has 148 valence electrons. The van der Waals surface area contributed by atoms with E-state index in [9.17, 15) is 14.4 Å². The largest absolute Gasteiger partial charge is 0.352 e. The van der Waals surface area contributed by atoms with Crippen LogP contribution in [0.25, 0.3) is 0 Å². The van der Waals surface area contributed by atoms with Crippen LogP contribution in [-0.2, 0) is 16.1 Å². The minimum Gasteiger partial charge on any atom is -0.352 e. The van der Waals surface area contributed by atoms with E-state index >= 15 is 0 Å². The zero-order valence-electron chi connectivity index (χ0n) is 15.7. The average Bonchev–Trinajstić information content (AvgIpc) is 3.34. The Kier molecular flexibility index (Phi) is 6.78. The molecule has 1 aliphatic rings. The standard InChI is InChI=1S/C20H25N5O3/c26-18(10-11-21-20(28)15-6-2-1-3-7-15)24-17-12-22-25(13-17)14-19(27)23-16-8-4-5-9-16/h1-3,6-7,12-13,16H,4-5,8-11,14H2,(H,21,28)(H,23,27)(H,24,26). The molecule has 1 aromatic carbocycles. The third kappa shape index (κ3) is 5.94. The van der Waals surface area contributed by atoms with E-state index in [4.69, 9.17) is 0 Å². The first-order valence-electron chi connectivity index (χ1n) is 9.55. The quantitative estimate of drug-likeness (QED) is 0.645. The Bertz CT molecular complexity index is 812. The number of benzene rings is 1. The van der Waals surface area contributed by atoms with Crippen molar-refractivity contribution in [3.63, 3.8) is 0 Å². The normalized spacial score (nSPS) is 13.9. The topological polar surface area (TPSA) is 105 Å². The average molecular weight is 383 g/mol. The molecule has 1 aliphatic carbocycles. The summed E-state index contributed by atoms with van der Waals surface area (Å²) in [7, 11) is 0. The smallest absolute Gasteiger partial charge is 0.251 e. The van der Waals surface area contributed by atoms with Crippen LogP contribution in [-0.4, -0.2) is 40.1 Å². The van der Waals surface area contributed by atoms with E-state index < -0.39 is 0 Å². The molecule has 1 heterocycles. The van der Waals surface area contributed by atoms with E-state index in [1.54, 1.807) is 30.5 Å². The highest BCUT2D eigenvalue weighted by atomic mass is 16.2. The zero-order chi connectivity index (χ0) is 19.8. The van der Waals surface area contributed by atoms with Gasteiger partial charge in [-0.3, -0.25) is 19.1 Å². The van der Waals surface area contributed by atoms with Crippen molar-refractivity contribution >= 4 is 23.4 Å². The van der Waals surface area contributed by atoms with Crippen molar-refractivity contribution in [2.45, 2.75) is 44.7 Å². The molecule has 8 heteroatoms. The predicted octanol–water partition coefficient (Wildman–Crippen LogP) is 1.70. The number of rotatable bonds is 8. The molecule has 0 bridgehead atoms. The van der Waals surface area contributed by atoms with Gasteiger partial charge in [-0.25, -0.2) is 0 Å². The summed E-state index contributed by atoms with van der Waals surface area (Å²) >= 11 is 0. The number of hydrogen-bond acceptors (Lipinski definition) is 4. The fourth-order valence-corrected chi connectivity index (χ4v) is 3.21. The molecule has 3 N–H and O–H groups in total. The maximum absolute atomic E-state index is 12.0. The van der Waals surface area contributed by atoms with Gasteiger partial charge < -0.3 is 16.0 Å². The molecule has 1 fully saturated rings. The number of carbonyl (C=O) groups is 3. The van der Waals surface area contributed by atoms with Crippen molar-refractivity contribution in [2.24, 2.45) is 0 Å². The second-order valence-corrected chi connectivity index (χ2v) is 6.90. The number of amides is 3. The van der Waals surface area contributed by atoms with E-state index in [-0.39, 0.29) is 43.3 Å². The van der Waals surface area contributed by atoms with E-state index in [1.165, 1.54) is 10.9 Å². The van der Waals surface area contributed by atoms with Crippen molar-refractivity contribution in [1.29, 1.82) is 0 Å². The van der Waals surface area contributed by atoms with Gasteiger partial charge in [0.05, 0.1) is 11.9 Å². The summed E-state index contributed by atoms with van der Waals surface area (Å²) < 4.78 is 1.50. The second kappa shape index (κ2) is 9.68. The molecule has 0 atom stereocenters. The Morgan fingerprint density at radius 3 is 2.57 bits per heavy atom. The van der Waals surface area contributed by atoms with Crippen LogP contribution >= 0.6 is 0 Å². The van der Waals surface area contributed by atoms with E-state index in [1.807, 2.05) is 6.07 Å². The van der Waals surface area contributed by atoms with Crippen LogP contribution in [0.5, 0.6) is 0 Å². The second-order valence-electron chi connectivity index (χ2n) is 6.90. The van der Waals surface area contributed by atoms with Crippen LogP contribution in [0.4, 0.5) is 5.69 Å². The Morgan fingerprint density at radius 2 is 1.82 bits per heavy atom. The van der Waals surface area contributed by atoms with E-state index in [0.29, 0.717) is 11.3 Å². The van der Waals surface area contributed by atoms with Gasteiger partial charge in [0.25, 0.3) is 5.91 Å². The number of nitrogens with zero attached hydrogens (tertiary/aromatic N) is 2. The third-order valence-electron chi connectivity index (χ3n) is 4.62. The molecule has 3 amide bonds. The molecule has 1 aromatic heterocycles. The lowest BCUT2D eigenvalue weighted by Gasteiger charge is -2.11. The Balaban J connectivity index is 1.37. The molecular formula is C20H25N5O3. The van der Waals surface area contributed by atoms with Gasteiger partial charge >= 0.3 is 0 Å². The summed E-state index contributed by atoms with van der Waals surface area (Å²) in [4.78, 5) is 36.0. The van der Waals surface area contributed by atoms with Crippen molar-refractivity contribution < 1.29 is 14.4 Å². The Labute approximate surface area is 163 Å². The Hall–Kier alpha value is -3.16. The van der Waals surface area contributed by atoms with Crippen LogP contribution in [0, 0.1) is 0 Å². The lowest BCUT2D eigenvalue weighted by Crippen LogP contribution is -2.35. The van der Waals surface area contributed by atoms with Gasteiger partial charge in [-0.2, -0.15) is 5.10 Å². The van der Waals surface area contributed by atoms with Crippen LogP contribution < -0.4 is 16.0 Å². The fraction of sp³-hybridized carbons (Fsp3) is 0.400. The minimum atomic E-state index is -0.233. The molecule has 28 heavy (non-hydrogen) atoms. The molecule has 8 nitrogen and oxygen atoms in total. The molecule has 1 saturated carbocycles. The number of aromatic nitrogens is 2. The Morgan fingerprint density at radius 1 is 1.07 bits per heavy atom. The summed E-state index contributed by atoms with van der Waals surface area (Å²) in [6.45, 7) is 0.358. The van der Waals surface area contributed by atoms with Gasteiger partial charge in [0, 0.05) is 30.8 Å². The molecular weight excluding hydrogens is 358 g/mol. The van der Waals surface area contributed by atoms with Crippen LogP contribution in [0.15, 0.2) is 42.7 Å². The van der Waals surface area contributed by atoms with Gasteiger partial charge in [-0.05, 0) is 25.0 Å². The number of nitrogens with one attached hydrogen (secondary N) is 3. The fourth-order valence-electron chi connectivity index (χ4n) is 3.21. The zero-order valence-corrected chi connectivity index (χ0v) is 15.7. The van der Waals surface area contributed by atoms with Gasteiger partial charge in [-0.15, -0.1) is 0 Å². The lowest BCUT2D eigenvalue weighted by atomic mass is 10.2. The SMILES string of the molecule is O=C(CCNC(=O)c1ccccc1)Nc1cnn(CC(=O)NC2CCCC2)c1. The monoisotopic (exact) mass is 383 g/mol. The molecule has 0 spiro atoms. The van der Waals surface area contributed by atoms with Gasteiger partial charge in [0.15, 0.2) is 0 Å². The number of hydrogen-bond donors (Lipinski definition) is 3. The lowest BCUT2D eigenvalue weighted by molar-refractivity contribution is -0.122. The highest BCUT2D eigenvalue weighted by molar-refractivity contribution is 5.95. The highest BCUT2D eigenvalue weighted by Gasteiger charge is 2.17. The van der Waals surface area contributed by atoms with Crippen molar-refractivity contribution in [2.75, 3.05) is 11.9 Å². The van der Waals surface area contributed by atoms with Crippen LogP contribution in [0.2, 0.25) is 0 Å². The first-order valence-corrected chi connectivity index (χ1v) is 9.55. The molecule has 0 saturated heterocycles. The summed E-state index contributed by atoms with van der Waals surface area (Å²) in [5, 5.41) is 12.5. The van der Waals surface area contributed by atoms with E-state index in [0.717, 1.165) is 25.7 Å². The van der Waals surface area contributed by atoms with Gasteiger partial charge in [0.1, 0.15) is 6.54 Å². The minimum absolute atomic E-state index is 0.0727. The van der Waals surface area contributed by atoms with Crippen molar-refractivity contribution in [3.8, 4) is 0 Å². The van der Waals surface area contributed by atoms with Crippen LogP contribution in [0.1, 0.15) is 42.5 Å².